The monoisotopic (exact) mass is 209 g/mol. The Balaban J connectivity index is 2.00. The molecule has 15 heavy (non-hydrogen) atoms. The number of rotatable bonds is 4. The van der Waals surface area contributed by atoms with Crippen LogP contribution in [-0.4, -0.2) is 19.8 Å². The lowest BCUT2D eigenvalue weighted by Gasteiger charge is -2.26. The summed E-state index contributed by atoms with van der Waals surface area (Å²) in [5.74, 6) is 1.16. The lowest BCUT2D eigenvalue weighted by molar-refractivity contribution is 0.164. The van der Waals surface area contributed by atoms with Crippen LogP contribution < -0.4 is 5.32 Å². The lowest BCUT2D eigenvalue weighted by atomic mass is 9.93. The zero-order chi connectivity index (χ0) is 10.7. The van der Waals surface area contributed by atoms with E-state index in [4.69, 9.17) is 9.15 Å². The fourth-order valence-corrected chi connectivity index (χ4v) is 2.30. The number of furan rings is 1. The van der Waals surface area contributed by atoms with Crippen molar-refractivity contribution >= 4 is 0 Å². The summed E-state index contributed by atoms with van der Waals surface area (Å²) < 4.78 is 10.6. The molecule has 1 aromatic heterocycles. The molecule has 1 aromatic rings. The molecule has 84 valence electrons. The van der Waals surface area contributed by atoms with Gasteiger partial charge in [0.25, 0.3) is 0 Å². The molecule has 0 saturated heterocycles. The first-order valence-corrected chi connectivity index (χ1v) is 5.62. The minimum atomic E-state index is 0.390. The second-order valence-corrected chi connectivity index (χ2v) is 4.27. The Kier molecular flexibility index (Phi) is 3.44. The van der Waals surface area contributed by atoms with Gasteiger partial charge in [0.05, 0.1) is 12.9 Å². The van der Waals surface area contributed by atoms with Crippen molar-refractivity contribution in [1.29, 1.82) is 0 Å². The maximum absolute atomic E-state index is 5.46. The third-order valence-electron chi connectivity index (χ3n) is 2.95. The highest BCUT2D eigenvalue weighted by atomic mass is 16.5. The molecule has 0 aliphatic heterocycles. The van der Waals surface area contributed by atoms with Crippen LogP contribution in [0.15, 0.2) is 16.7 Å². The first-order chi connectivity index (χ1) is 7.31. The van der Waals surface area contributed by atoms with E-state index in [0.717, 1.165) is 18.8 Å². The average molecular weight is 209 g/mol. The van der Waals surface area contributed by atoms with Crippen LogP contribution in [0.3, 0.4) is 0 Å². The molecule has 0 radical (unpaired) electrons. The minimum Gasteiger partial charge on any atom is -0.469 e. The van der Waals surface area contributed by atoms with E-state index in [-0.39, 0.29) is 0 Å². The van der Waals surface area contributed by atoms with Crippen molar-refractivity contribution in [3.8, 4) is 0 Å². The normalized spacial score (nSPS) is 22.4. The Hall–Kier alpha value is -0.800. The van der Waals surface area contributed by atoms with Crippen molar-refractivity contribution in [3.63, 3.8) is 0 Å². The standard InChI is InChI=1S/C12H19NO2/c1-9(8-14-2)13-11-4-3-5-12-10(11)6-7-15-12/h6-7,9,11,13H,3-5,8H2,1-2H3. The minimum absolute atomic E-state index is 0.390. The number of fused-ring (bicyclic) bond motifs is 1. The molecule has 0 saturated carbocycles. The molecule has 0 fully saturated rings. The van der Waals surface area contributed by atoms with Gasteiger partial charge in [-0.25, -0.2) is 0 Å². The Morgan fingerprint density at radius 2 is 2.53 bits per heavy atom. The first kappa shape index (κ1) is 10.7. The van der Waals surface area contributed by atoms with E-state index in [9.17, 15) is 0 Å². The highest BCUT2D eigenvalue weighted by molar-refractivity contribution is 5.24. The molecule has 0 amide bonds. The van der Waals surface area contributed by atoms with Crippen molar-refractivity contribution in [2.75, 3.05) is 13.7 Å². The number of methoxy groups -OCH3 is 1. The van der Waals surface area contributed by atoms with E-state index in [2.05, 4.69) is 18.3 Å². The topological polar surface area (TPSA) is 34.4 Å². The van der Waals surface area contributed by atoms with E-state index in [1.54, 1.807) is 13.4 Å². The Labute approximate surface area is 90.8 Å². The predicted octanol–water partition coefficient (Wildman–Crippen LogP) is 2.28. The summed E-state index contributed by atoms with van der Waals surface area (Å²) >= 11 is 0. The average Bonchev–Trinajstić information content (AvgIpc) is 2.67. The van der Waals surface area contributed by atoms with Crippen molar-refractivity contribution in [1.82, 2.24) is 5.32 Å². The van der Waals surface area contributed by atoms with Gasteiger partial charge in [-0.15, -0.1) is 0 Å². The Bertz CT molecular complexity index is 308. The SMILES string of the molecule is COCC(C)NC1CCCc2occc21. The molecule has 1 N–H and O–H groups in total. The van der Waals surface area contributed by atoms with E-state index in [1.807, 2.05) is 0 Å². The summed E-state index contributed by atoms with van der Waals surface area (Å²) in [6, 6.07) is 2.92. The highest BCUT2D eigenvalue weighted by Crippen LogP contribution is 2.30. The van der Waals surface area contributed by atoms with E-state index in [0.29, 0.717) is 12.1 Å². The summed E-state index contributed by atoms with van der Waals surface area (Å²) in [6.07, 6.45) is 5.28. The van der Waals surface area contributed by atoms with Crippen LogP contribution in [0, 0.1) is 0 Å². The van der Waals surface area contributed by atoms with Crippen LogP contribution in [0.1, 0.15) is 37.1 Å². The summed E-state index contributed by atoms with van der Waals surface area (Å²) in [5.41, 5.74) is 1.34. The van der Waals surface area contributed by atoms with Crippen molar-refractivity contribution < 1.29 is 9.15 Å². The molecule has 1 heterocycles. The van der Waals surface area contributed by atoms with Crippen LogP contribution in [0.4, 0.5) is 0 Å². The van der Waals surface area contributed by atoms with Gasteiger partial charge in [-0.3, -0.25) is 0 Å². The molecular formula is C12H19NO2. The molecule has 1 aliphatic rings. The van der Waals surface area contributed by atoms with Gasteiger partial charge in [-0.2, -0.15) is 0 Å². The molecule has 3 heteroatoms. The zero-order valence-electron chi connectivity index (χ0n) is 9.45. The van der Waals surface area contributed by atoms with Gasteiger partial charge < -0.3 is 14.5 Å². The molecule has 2 rings (SSSR count). The molecular weight excluding hydrogens is 190 g/mol. The summed E-state index contributed by atoms with van der Waals surface area (Å²) in [4.78, 5) is 0. The molecule has 1 aliphatic carbocycles. The van der Waals surface area contributed by atoms with Crippen LogP contribution in [-0.2, 0) is 11.2 Å². The number of ether oxygens (including phenoxy) is 1. The Morgan fingerprint density at radius 1 is 1.67 bits per heavy atom. The van der Waals surface area contributed by atoms with Crippen LogP contribution in [0.5, 0.6) is 0 Å². The number of nitrogens with one attached hydrogen (secondary N) is 1. The van der Waals surface area contributed by atoms with Crippen LogP contribution in [0.25, 0.3) is 0 Å². The van der Waals surface area contributed by atoms with Gasteiger partial charge >= 0.3 is 0 Å². The number of hydrogen-bond acceptors (Lipinski definition) is 3. The maximum atomic E-state index is 5.46. The second kappa shape index (κ2) is 4.81. The first-order valence-electron chi connectivity index (χ1n) is 5.62. The molecule has 2 unspecified atom stereocenters. The zero-order valence-corrected chi connectivity index (χ0v) is 9.45. The van der Waals surface area contributed by atoms with E-state index >= 15 is 0 Å². The second-order valence-electron chi connectivity index (χ2n) is 4.27. The van der Waals surface area contributed by atoms with Crippen LogP contribution >= 0.6 is 0 Å². The summed E-state index contributed by atoms with van der Waals surface area (Å²) in [7, 11) is 1.74. The third-order valence-corrected chi connectivity index (χ3v) is 2.95. The van der Waals surface area contributed by atoms with Gasteiger partial charge in [0.2, 0.25) is 0 Å². The lowest BCUT2D eigenvalue weighted by Crippen LogP contribution is -2.35. The van der Waals surface area contributed by atoms with Crippen LogP contribution in [0.2, 0.25) is 0 Å². The van der Waals surface area contributed by atoms with Gasteiger partial charge in [0.1, 0.15) is 5.76 Å². The fraction of sp³-hybridized carbons (Fsp3) is 0.667. The molecule has 0 aromatic carbocycles. The predicted molar refractivity (Wildman–Crippen MR) is 58.9 cm³/mol. The number of aryl methyl sites for hydroxylation is 1. The van der Waals surface area contributed by atoms with Crippen molar-refractivity contribution in [2.45, 2.75) is 38.3 Å². The molecule has 0 spiro atoms. The maximum Gasteiger partial charge on any atom is 0.108 e. The van der Waals surface area contributed by atoms with Crippen molar-refractivity contribution in [3.05, 3.63) is 23.7 Å². The van der Waals surface area contributed by atoms with Crippen molar-refractivity contribution in [2.24, 2.45) is 0 Å². The fourth-order valence-electron chi connectivity index (χ4n) is 2.30. The molecule has 0 bridgehead atoms. The quantitative estimate of drug-likeness (QED) is 0.826. The van der Waals surface area contributed by atoms with E-state index in [1.165, 1.54) is 18.4 Å². The molecule has 2 atom stereocenters. The highest BCUT2D eigenvalue weighted by Gasteiger charge is 2.23. The van der Waals surface area contributed by atoms with Gasteiger partial charge in [0, 0.05) is 31.2 Å². The summed E-state index contributed by atoms with van der Waals surface area (Å²) in [6.45, 7) is 2.90. The van der Waals surface area contributed by atoms with E-state index < -0.39 is 0 Å². The molecule has 3 nitrogen and oxygen atoms in total. The number of hydrogen-bond donors (Lipinski definition) is 1. The largest absolute Gasteiger partial charge is 0.469 e. The Morgan fingerprint density at radius 3 is 3.33 bits per heavy atom. The smallest absolute Gasteiger partial charge is 0.108 e. The van der Waals surface area contributed by atoms with Gasteiger partial charge in [-0.05, 0) is 25.8 Å². The van der Waals surface area contributed by atoms with Gasteiger partial charge in [-0.1, -0.05) is 0 Å². The third kappa shape index (κ3) is 2.41. The van der Waals surface area contributed by atoms with Gasteiger partial charge in [0.15, 0.2) is 0 Å². The summed E-state index contributed by atoms with van der Waals surface area (Å²) in [5, 5.41) is 3.58.